The zero-order chi connectivity index (χ0) is 18.5. The molecule has 134 valence electrons. The molecule has 3 aromatic rings. The molecule has 0 aliphatic rings. The maximum Gasteiger partial charge on any atom is 0.269 e. The van der Waals surface area contributed by atoms with E-state index >= 15 is 0 Å². The van der Waals surface area contributed by atoms with Crippen molar-refractivity contribution in [3.8, 4) is 22.8 Å². The van der Waals surface area contributed by atoms with Crippen LogP contribution in [0.1, 0.15) is 16.1 Å². The predicted molar refractivity (Wildman–Crippen MR) is 102 cm³/mol. The predicted octanol–water partition coefficient (Wildman–Crippen LogP) is 3.79. The highest BCUT2D eigenvalue weighted by molar-refractivity contribution is 9.10. The van der Waals surface area contributed by atoms with E-state index < -0.39 is 0 Å². The van der Waals surface area contributed by atoms with Crippen molar-refractivity contribution in [1.29, 1.82) is 0 Å². The number of rotatable bonds is 6. The number of aromatic nitrogens is 2. The molecular weight excluding hydrogens is 398 g/mol. The fourth-order valence-electron chi connectivity index (χ4n) is 2.50. The minimum absolute atomic E-state index is 0.245. The Morgan fingerprint density at radius 1 is 1.12 bits per heavy atom. The number of nitrogens with one attached hydrogen (secondary N) is 2. The number of H-pyrrole nitrogens is 1. The average Bonchev–Trinajstić information content (AvgIpc) is 3.16. The summed E-state index contributed by atoms with van der Waals surface area (Å²) in [6.45, 7) is 0.311. The van der Waals surface area contributed by atoms with Crippen LogP contribution >= 0.6 is 15.9 Å². The van der Waals surface area contributed by atoms with E-state index in [1.165, 1.54) is 0 Å². The Hall–Kier alpha value is -2.80. The highest BCUT2D eigenvalue weighted by Crippen LogP contribution is 2.24. The van der Waals surface area contributed by atoms with Crippen molar-refractivity contribution in [2.24, 2.45) is 0 Å². The normalized spacial score (nSPS) is 10.4. The number of carbonyl (C=O) groups is 1. The first-order chi connectivity index (χ1) is 12.6. The van der Waals surface area contributed by atoms with Crippen LogP contribution in [0, 0.1) is 0 Å². The quantitative estimate of drug-likeness (QED) is 0.641. The van der Waals surface area contributed by atoms with E-state index in [0.717, 1.165) is 15.6 Å². The maximum atomic E-state index is 12.4. The molecule has 0 unspecified atom stereocenters. The molecule has 0 saturated carbocycles. The standard InChI is InChI=1S/C19H18BrN3O3/c1-25-15-7-8-18(26-2)13(9-15)11-21-19(24)17-10-16(22-23-17)12-3-5-14(20)6-4-12/h3-10H,11H2,1-2H3,(H,21,24)(H,22,23). The van der Waals surface area contributed by atoms with Gasteiger partial charge in [0.05, 0.1) is 19.9 Å². The fraction of sp³-hybridized carbons (Fsp3) is 0.158. The van der Waals surface area contributed by atoms with Crippen LogP contribution in [0.4, 0.5) is 0 Å². The summed E-state index contributed by atoms with van der Waals surface area (Å²) >= 11 is 3.40. The minimum Gasteiger partial charge on any atom is -0.497 e. The van der Waals surface area contributed by atoms with E-state index in [2.05, 4.69) is 31.4 Å². The first kappa shape index (κ1) is 18.0. The number of ether oxygens (including phenoxy) is 2. The first-order valence-electron chi connectivity index (χ1n) is 7.91. The van der Waals surface area contributed by atoms with Crippen LogP contribution in [-0.4, -0.2) is 30.3 Å². The molecule has 0 radical (unpaired) electrons. The molecule has 6 nitrogen and oxygen atoms in total. The van der Waals surface area contributed by atoms with Crippen LogP contribution in [0.5, 0.6) is 11.5 Å². The highest BCUT2D eigenvalue weighted by atomic mass is 79.9. The average molecular weight is 416 g/mol. The molecule has 1 amide bonds. The van der Waals surface area contributed by atoms with Crippen LogP contribution in [0.2, 0.25) is 0 Å². The highest BCUT2D eigenvalue weighted by Gasteiger charge is 2.12. The summed E-state index contributed by atoms with van der Waals surface area (Å²) in [7, 11) is 3.19. The summed E-state index contributed by atoms with van der Waals surface area (Å²) < 4.78 is 11.5. The van der Waals surface area contributed by atoms with Crippen LogP contribution in [-0.2, 0) is 6.54 Å². The third-order valence-corrected chi connectivity index (χ3v) is 4.42. The minimum atomic E-state index is -0.245. The summed E-state index contributed by atoms with van der Waals surface area (Å²) in [5, 5.41) is 9.85. The summed E-state index contributed by atoms with van der Waals surface area (Å²) in [5.41, 5.74) is 2.86. The van der Waals surface area contributed by atoms with Crippen molar-refractivity contribution in [3.63, 3.8) is 0 Å². The molecule has 0 aliphatic carbocycles. The van der Waals surface area contributed by atoms with E-state index in [0.29, 0.717) is 29.4 Å². The van der Waals surface area contributed by atoms with Crippen molar-refractivity contribution in [2.45, 2.75) is 6.54 Å². The summed E-state index contributed by atoms with van der Waals surface area (Å²) in [4.78, 5) is 12.4. The van der Waals surface area contributed by atoms with Gasteiger partial charge in [-0.05, 0) is 36.4 Å². The van der Waals surface area contributed by atoms with Gasteiger partial charge in [-0.3, -0.25) is 9.89 Å². The van der Waals surface area contributed by atoms with Gasteiger partial charge in [0.1, 0.15) is 17.2 Å². The summed E-state index contributed by atoms with van der Waals surface area (Å²) in [5.74, 6) is 1.14. The van der Waals surface area contributed by atoms with Gasteiger partial charge in [0, 0.05) is 22.1 Å². The monoisotopic (exact) mass is 415 g/mol. The zero-order valence-electron chi connectivity index (χ0n) is 14.4. The Kier molecular flexibility index (Phi) is 5.58. The Labute approximate surface area is 159 Å². The number of carbonyl (C=O) groups excluding carboxylic acids is 1. The van der Waals surface area contributed by atoms with Gasteiger partial charge in [0.15, 0.2) is 0 Å². The molecule has 0 aliphatic heterocycles. The van der Waals surface area contributed by atoms with Gasteiger partial charge in [-0.1, -0.05) is 28.1 Å². The fourth-order valence-corrected chi connectivity index (χ4v) is 2.76. The zero-order valence-corrected chi connectivity index (χ0v) is 16.0. The molecular formula is C19H18BrN3O3. The number of halogens is 1. The van der Waals surface area contributed by atoms with Crippen LogP contribution in [0.3, 0.4) is 0 Å². The van der Waals surface area contributed by atoms with Gasteiger partial charge >= 0.3 is 0 Å². The van der Waals surface area contributed by atoms with Crippen LogP contribution < -0.4 is 14.8 Å². The Morgan fingerprint density at radius 3 is 2.58 bits per heavy atom. The SMILES string of the molecule is COc1ccc(OC)c(CNC(=O)c2cc(-c3ccc(Br)cc3)n[nH]2)c1. The molecule has 1 aromatic heterocycles. The number of hydrogen-bond acceptors (Lipinski definition) is 4. The lowest BCUT2D eigenvalue weighted by atomic mass is 10.1. The number of hydrogen-bond donors (Lipinski definition) is 2. The molecule has 0 bridgehead atoms. The second-order valence-electron chi connectivity index (χ2n) is 5.53. The van der Waals surface area contributed by atoms with Crippen molar-refractivity contribution < 1.29 is 14.3 Å². The molecule has 0 saturated heterocycles. The van der Waals surface area contributed by atoms with Crippen molar-refractivity contribution in [3.05, 3.63) is 64.3 Å². The van der Waals surface area contributed by atoms with Gasteiger partial charge in [-0.15, -0.1) is 0 Å². The number of nitrogens with zero attached hydrogens (tertiary/aromatic N) is 1. The number of amides is 1. The molecule has 7 heteroatoms. The van der Waals surface area contributed by atoms with Gasteiger partial charge in [0.25, 0.3) is 5.91 Å². The van der Waals surface area contributed by atoms with E-state index in [-0.39, 0.29) is 5.91 Å². The lowest BCUT2D eigenvalue weighted by Crippen LogP contribution is -2.23. The first-order valence-corrected chi connectivity index (χ1v) is 8.70. The van der Waals surface area contributed by atoms with Gasteiger partial charge < -0.3 is 14.8 Å². The molecule has 0 spiro atoms. The Morgan fingerprint density at radius 2 is 1.88 bits per heavy atom. The second-order valence-corrected chi connectivity index (χ2v) is 6.45. The Balaban J connectivity index is 1.70. The molecule has 0 fully saturated rings. The lowest BCUT2D eigenvalue weighted by Gasteiger charge is -2.11. The van der Waals surface area contributed by atoms with Crippen molar-refractivity contribution in [1.82, 2.24) is 15.5 Å². The van der Waals surface area contributed by atoms with Gasteiger partial charge in [-0.25, -0.2) is 0 Å². The maximum absolute atomic E-state index is 12.4. The molecule has 2 N–H and O–H groups in total. The number of benzene rings is 2. The van der Waals surface area contributed by atoms with Crippen molar-refractivity contribution >= 4 is 21.8 Å². The lowest BCUT2D eigenvalue weighted by molar-refractivity contribution is 0.0945. The smallest absolute Gasteiger partial charge is 0.269 e. The van der Waals surface area contributed by atoms with E-state index in [4.69, 9.17) is 9.47 Å². The van der Waals surface area contributed by atoms with Gasteiger partial charge in [0.2, 0.25) is 0 Å². The van der Waals surface area contributed by atoms with E-state index in [1.54, 1.807) is 20.3 Å². The van der Waals surface area contributed by atoms with E-state index in [1.807, 2.05) is 42.5 Å². The largest absolute Gasteiger partial charge is 0.497 e. The van der Waals surface area contributed by atoms with Crippen LogP contribution in [0.15, 0.2) is 53.0 Å². The van der Waals surface area contributed by atoms with E-state index in [9.17, 15) is 4.79 Å². The molecule has 3 rings (SSSR count). The number of aromatic amines is 1. The Bertz CT molecular complexity index is 907. The van der Waals surface area contributed by atoms with Crippen molar-refractivity contribution in [2.75, 3.05) is 14.2 Å². The molecule has 26 heavy (non-hydrogen) atoms. The third kappa shape index (κ3) is 4.05. The summed E-state index contributed by atoms with van der Waals surface area (Å²) in [6, 6.07) is 14.9. The van der Waals surface area contributed by atoms with Crippen LogP contribution in [0.25, 0.3) is 11.3 Å². The molecule has 1 heterocycles. The molecule has 2 aromatic carbocycles. The molecule has 0 atom stereocenters. The number of methoxy groups -OCH3 is 2. The van der Waals surface area contributed by atoms with Gasteiger partial charge in [-0.2, -0.15) is 5.10 Å². The third-order valence-electron chi connectivity index (χ3n) is 3.89. The summed E-state index contributed by atoms with van der Waals surface area (Å²) in [6.07, 6.45) is 0. The second kappa shape index (κ2) is 8.05. The topological polar surface area (TPSA) is 76.2 Å².